The summed E-state index contributed by atoms with van der Waals surface area (Å²) in [6.45, 7) is 5.79. The zero-order valence-corrected chi connectivity index (χ0v) is 9.33. The molecule has 0 aromatic heterocycles. The third kappa shape index (κ3) is 2.71. The van der Waals surface area contributed by atoms with E-state index in [1.54, 1.807) is 0 Å². The van der Waals surface area contributed by atoms with Crippen LogP contribution in [0.1, 0.15) is 39.5 Å². The average molecular weight is 198 g/mol. The highest BCUT2D eigenvalue weighted by molar-refractivity contribution is 5.79. The molecule has 0 aromatic carbocycles. The number of hydrogen-bond donors (Lipinski definition) is 1. The lowest BCUT2D eigenvalue weighted by Crippen LogP contribution is -2.59. The largest absolute Gasteiger partial charge is 0.339 e. The third-order valence-electron chi connectivity index (χ3n) is 2.97. The number of nitrogens with two attached hydrogens (primary N) is 1. The van der Waals surface area contributed by atoms with Crippen molar-refractivity contribution in [3.63, 3.8) is 0 Å². The smallest absolute Gasteiger partial charge is 0.225 e. The number of hydrogen-bond acceptors (Lipinski definition) is 2. The second-order valence-corrected chi connectivity index (χ2v) is 4.25. The van der Waals surface area contributed by atoms with Gasteiger partial charge in [-0.2, -0.15) is 0 Å². The van der Waals surface area contributed by atoms with Crippen LogP contribution in [0.15, 0.2) is 0 Å². The molecule has 0 aromatic rings. The molecule has 1 rings (SSSR count). The Bertz CT molecular complexity index is 188. The van der Waals surface area contributed by atoms with Crippen molar-refractivity contribution in [2.75, 3.05) is 13.1 Å². The highest BCUT2D eigenvalue weighted by Gasteiger charge is 2.31. The maximum Gasteiger partial charge on any atom is 0.225 e. The monoisotopic (exact) mass is 198 g/mol. The van der Waals surface area contributed by atoms with Crippen molar-refractivity contribution in [2.24, 2.45) is 11.7 Å². The summed E-state index contributed by atoms with van der Waals surface area (Å²) in [5.41, 5.74) is 5.65. The minimum Gasteiger partial charge on any atom is -0.339 e. The lowest BCUT2D eigenvalue weighted by Gasteiger charge is -2.39. The zero-order valence-electron chi connectivity index (χ0n) is 9.33. The molecule has 3 heteroatoms. The average Bonchev–Trinajstić information content (AvgIpc) is 2.14. The first-order valence-corrected chi connectivity index (χ1v) is 5.73. The predicted octanol–water partition coefficient (Wildman–Crippen LogP) is 1.37. The zero-order chi connectivity index (χ0) is 10.6. The minimum absolute atomic E-state index is 0.225. The summed E-state index contributed by atoms with van der Waals surface area (Å²) < 4.78 is 0. The normalized spacial score (nSPS) is 19.2. The van der Waals surface area contributed by atoms with Gasteiger partial charge >= 0.3 is 0 Å². The van der Waals surface area contributed by atoms with Crippen LogP contribution in [-0.2, 0) is 4.79 Å². The molecule has 1 aliphatic rings. The molecule has 1 aliphatic heterocycles. The first-order chi connectivity index (χ1) is 6.69. The highest BCUT2D eigenvalue weighted by Crippen LogP contribution is 2.18. The maximum absolute atomic E-state index is 11.9. The van der Waals surface area contributed by atoms with E-state index >= 15 is 0 Å². The van der Waals surface area contributed by atoms with Crippen molar-refractivity contribution in [3.05, 3.63) is 0 Å². The van der Waals surface area contributed by atoms with Gasteiger partial charge in [0.1, 0.15) is 0 Å². The Labute approximate surface area is 86.6 Å². The molecule has 0 spiro atoms. The Hall–Kier alpha value is -0.570. The lowest BCUT2D eigenvalue weighted by atomic mass is 9.95. The summed E-state index contributed by atoms with van der Waals surface area (Å²) in [4.78, 5) is 13.8. The number of nitrogens with zero attached hydrogens (tertiary/aromatic N) is 1. The summed E-state index contributed by atoms with van der Waals surface area (Å²) in [5.74, 6) is 0.560. The van der Waals surface area contributed by atoms with E-state index < -0.39 is 0 Å². The van der Waals surface area contributed by atoms with Crippen molar-refractivity contribution in [2.45, 2.75) is 45.6 Å². The summed E-state index contributed by atoms with van der Waals surface area (Å²) in [6.07, 6.45) is 4.33. The van der Waals surface area contributed by atoms with Crippen LogP contribution in [0.2, 0.25) is 0 Å². The fourth-order valence-corrected chi connectivity index (χ4v) is 1.90. The summed E-state index contributed by atoms with van der Waals surface area (Å²) in [7, 11) is 0. The Morgan fingerprint density at radius 2 is 2.14 bits per heavy atom. The van der Waals surface area contributed by atoms with Crippen LogP contribution >= 0.6 is 0 Å². The van der Waals surface area contributed by atoms with Gasteiger partial charge in [-0.15, -0.1) is 0 Å². The van der Waals surface area contributed by atoms with Crippen LogP contribution in [0, 0.1) is 5.92 Å². The van der Waals surface area contributed by atoms with E-state index in [1.165, 1.54) is 6.42 Å². The van der Waals surface area contributed by atoms with Gasteiger partial charge in [0.25, 0.3) is 0 Å². The predicted molar refractivity (Wildman–Crippen MR) is 57.9 cm³/mol. The van der Waals surface area contributed by atoms with Crippen LogP contribution in [0.4, 0.5) is 0 Å². The second-order valence-electron chi connectivity index (χ2n) is 4.25. The van der Waals surface area contributed by atoms with E-state index in [2.05, 4.69) is 13.8 Å². The molecular weight excluding hydrogens is 176 g/mol. The molecule has 1 heterocycles. The molecular formula is C11H22N2O. The molecule has 0 radical (unpaired) electrons. The maximum atomic E-state index is 11.9. The van der Waals surface area contributed by atoms with Crippen molar-refractivity contribution in [1.29, 1.82) is 0 Å². The molecule has 1 fully saturated rings. The quantitative estimate of drug-likeness (QED) is 0.725. The molecule has 2 N–H and O–H groups in total. The van der Waals surface area contributed by atoms with E-state index in [4.69, 9.17) is 5.73 Å². The summed E-state index contributed by atoms with van der Waals surface area (Å²) in [6, 6.07) is 0.225. The topological polar surface area (TPSA) is 46.3 Å². The molecule has 0 bridgehead atoms. The molecule has 0 saturated carbocycles. The molecule has 1 saturated heterocycles. The third-order valence-corrected chi connectivity index (χ3v) is 2.97. The Morgan fingerprint density at radius 1 is 1.50 bits per heavy atom. The van der Waals surface area contributed by atoms with E-state index in [1.807, 2.05) is 4.90 Å². The van der Waals surface area contributed by atoms with Gasteiger partial charge in [-0.25, -0.2) is 0 Å². The molecule has 3 nitrogen and oxygen atoms in total. The lowest BCUT2D eigenvalue weighted by molar-refractivity contribution is -0.140. The van der Waals surface area contributed by atoms with E-state index in [0.29, 0.717) is 5.91 Å². The number of amides is 1. The van der Waals surface area contributed by atoms with Crippen molar-refractivity contribution >= 4 is 5.91 Å². The van der Waals surface area contributed by atoms with Crippen LogP contribution in [0.3, 0.4) is 0 Å². The number of carbonyl (C=O) groups excluding carboxylic acids is 1. The SMILES string of the molecule is CCCC[C@H](CC)C(=O)N1CC(N)C1. The summed E-state index contributed by atoms with van der Waals surface area (Å²) >= 11 is 0. The number of carbonyl (C=O) groups is 1. The van der Waals surface area contributed by atoms with Gasteiger partial charge < -0.3 is 10.6 Å². The van der Waals surface area contributed by atoms with Gasteiger partial charge in [0, 0.05) is 25.0 Å². The molecule has 14 heavy (non-hydrogen) atoms. The standard InChI is InChI=1S/C11H22N2O/c1-3-5-6-9(4-2)11(14)13-7-10(12)8-13/h9-10H,3-8,12H2,1-2H3/t9-/m0/s1. The molecule has 1 atom stereocenters. The Kier molecular flexibility index (Phi) is 4.39. The van der Waals surface area contributed by atoms with Crippen LogP contribution in [0.5, 0.6) is 0 Å². The van der Waals surface area contributed by atoms with Gasteiger partial charge in [0.05, 0.1) is 0 Å². The Morgan fingerprint density at radius 3 is 2.57 bits per heavy atom. The molecule has 1 amide bonds. The van der Waals surface area contributed by atoms with Crippen LogP contribution in [-0.4, -0.2) is 29.9 Å². The van der Waals surface area contributed by atoms with Crippen molar-refractivity contribution in [3.8, 4) is 0 Å². The van der Waals surface area contributed by atoms with Crippen LogP contribution in [0.25, 0.3) is 0 Å². The first kappa shape index (κ1) is 11.5. The van der Waals surface area contributed by atoms with Crippen LogP contribution < -0.4 is 5.73 Å². The Balaban J connectivity index is 2.32. The molecule has 0 aliphatic carbocycles. The number of rotatable bonds is 5. The van der Waals surface area contributed by atoms with E-state index in [0.717, 1.165) is 32.4 Å². The van der Waals surface area contributed by atoms with Gasteiger partial charge in [-0.05, 0) is 12.8 Å². The van der Waals surface area contributed by atoms with Crippen molar-refractivity contribution in [1.82, 2.24) is 4.90 Å². The molecule has 0 unspecified atom stereocenters. The highest BCUT2D eigenvalue weighted by atomic mass is 16.2. The minimum atomic E-state index is 0.225. The van der Waals surface area contributed by atoms with Crippen molar-refractivity contribution < 1.29 is 4.79 Å². The van der Waals surface area contributed by atoms with E-state index in [9.17, 15) is 4.79 Å². The fourth-order valence-electron chi connectivity index (χ4n) is 1.90. The van der Waals surface area contributed by atoms with Gasteiger partial charge in [0.15, 0.2) is 0 Å². The second kappa shape index (κ2) is 5.35. The molecule has 82 valence electrons. The van der Waals surface area contributed by atoms with E-state index in [-0.39, 0.29) is 12.0 Å². The number of unbranched alkanes of at least 4 members (excludes halogenated alkanes) is 1. The number of likely N-dealkylation sites (tertiary alicyclic amines) is 1. The fraction of sp³-hybridized carbons (Fsp3) is 0.909. The first-order valence-electron chi connectivity index (χ1n) is 5.73. The van der Waals surface area contributed by atoms with Gasteiger partial charge in [-0.3, -0.25) is 4.79 Å². The van der Waals surface area contributed by atoms with Gasteiger partial charge in [-0.1, -0.05) is 26.7 Å². The van der Waals surface area contributed by atoms with Gasteiger partial charge in [0.2, 0.25) is 5.91 Å². The summed E-state index contributed by atoms with van der Waals surface area (Å²) in [5, 5.41) is 0.